The molecule has 5 heteroatoms. The number of hydrogen-bond acceptors (Lipinski definition) is 3. The number of aliphatic hydroxyl groups is 1. The maximum absolute atomic E-state index is 12.6. The molecule has 0 aromatic heterocycles. The first-order chi connectivity index (χ1) is 7.63. The van der Waals surface area contributed by atoms with Crippen molar-refractivity contribution in [2.45, 2.75) is 12.5 Å². The van der Waals surface area contributed by atoms with E-state index in [4.69, 9.17) is 5.73 Å². The second-order valence-electron chi connectivity index (χ2n) is 3.41. The number of rotatable bonds is 5. The van der Waals surface area contributed by atoms with Gasteiger partial charge in [0.05, 0.1) is 6.10 Å². The summed E-state index contributed by atoms with van der Waals surface area (Å²) in [4.78, 5) is 11.1. The van der Waals surface area contributed by atoms with Gasteiger partial charge in [-0.2, -0.15) is 0 Å². The van der Waals surface area contributed by atoms with E-state index in [0.29, 0.717) is 5.56 Å². The third-order valence-electron chi connectivity index (χ3n) is 2.12. The lowest BCUT2D eigenvalue weighted by Gasteiger charge is -2.11. The van der Waals surface area contributed by atoms with Gasteiger partial charge in [-0.05, 0) is 17.7 Å². The first kappa shape index (κ1) is 12.6. The molecule has 0 aliphatic heterocycles. The van der Waals surface area contributed by atoms with Crippen LogP contribution in [0.1, 0.15) is 18.1 Å². The zero-order valence-corrected chi connectivity index (χ0v) is 8.82. The van der Waals surface area contributed by atoms with Crippen molar-refractivity contribution in [3.8, 4) is 0 Å². The van der Waals surface area contributed by atoms with E-state index in [9.17, 15) is 14.3 Å². The Balaban J connectivity index is 2.43. The highest BCUT2D eigenvalue weighted by molar-refractivity contribution is 5.76. The van der Waals surface area contributed by atoms with Crippen LogP contribution in [-0.2, 0) is 4.79 Å². The number of hydrogen-bond donors (Lipinski definition) is 3. The van der Waals surface area contributed by atoms with Crippen molar-refractivity contribution in [2.24, 2.45) is 5.73 Å². The topological polar surface area (TPSA) is 75.4 Å². The third kappa shape index (κ3) is 3.96. The summed E-state index contributed by atoms with van der Waals surface area (Å²) in [5.74, 6) is -0.563. The zero-order chi connectivity index (χ0) is 12.0. The zero-order valence-electron chi connectivity index (χ0n) is 8.82. The number of nitrogens with one attached hydrogen (secondary N) is 1. The van der Waals surface area contributed by atoms with Gasteiger partial charge in [0.1, 0.15) is 5.82 Å². The number of amides is 1. The van der Waals surface area contributed by atoms with Crippen molar-refractivity contribution in [3.05, 3.63) is 35.6 Å². The summed E-state index contributed by atoms with van der Waals surface area (Å²) in [6.45, 7) is 0.378. The summed E-state index contributed by atoms with van der Waals surface area (Å²) in [5, 5.41) is 12.2. The van der Waals surface area contributed by atoms with Crippen LogP contribution in [-0.4, -0.2) is 24.1 Å². The summed E-state index contributed by atoms with van der Waals surface area (Å²) in [5.41, 5.74) is 5.76. The standard InChI is InChI=1S/C11H15FN2O2/c12-9-3-1-8(2-4-9)10(15)7-14-11(16)5-6-13/h1-4,10,15H,5-7,13H2,(H,14,16). The van der Waals surface area contributed by atoms with E-state index < -0.39 is 6.10 Å². The van der Waals surface area contributed by atoms with Gasteiger partial charge in [0.25, 0.3) is 0 Å². The predicted octanol–water partition coefficient (Wildman–Crippen LogP) is 0.324. The third-order valence-corrected chi connectivity index (χ3v) is 2.12. The molecule has 1 atom stereocenters. The Bertz CT molecular complexity index is 340. The molecule has 1 aromatic carbocycles. The molecule has 0 aliphatic rings. The van der Waals surface area contributed by atoms with Gasteiger partial charge in [0.2, 0.25) is 5.91 Å². The fourth-order valence-electron chi connectivity index (χ4n) is 1.23. The minimum absolute atomic E-state index is 0.102. The number of nitrogens with two attached hydrogens (primary N) is 1. The van der Waals surface area contributed by atoms with Gasteiger partial charge in [0.15, 0.2) is 0 Å². The summed E-state index contributed by atoms with van der Waals surface area (Å²) in [6.07, 6.45) is -0.599. The molecule has 0 saturated heterocycles. The van der Waals surface area contributed by atoms with Crippen LogP contribution in [0, 0.1) is 5.82 Å². The molecule has 16 heavy (non-hydrogen) atoms. The lowest BCUT2D eigenvalue weighted by molar-refractivity contribution is -0.121. The summed E-state index contributed by atoms with van der Waals surface area (Å²) in [6, 6.07) is 5.49. The van der Waals surface area contributed by atoms with E-state index in [1.165, 1.54) is 24.3 Å². The molecule has 0 spiro atoms. The molecular weight excluding hydrogens is 211 g/mol. The molecule has 0 aliphatic carbocycles. The van der Waals surface area contributed by atoms with Gasteiger partial charge in [-0.1, -0.05) is 12.1 Å². The van der Waals surface area contributed by atoms with Crippen molar-refractivity contribution in [2.75, 3.05) is 13.1 Å². The Labute approximate surface area is 93.3 Å². The Kier molecular flexibility index (Phi) is 4.88. The monoisotopic (exact) mass is 226 g/mol. The van der Waals surface area contributed by atoms with Gasteiger partial charge in [0, 0.05) is 19.5 Å². The highest BCUT2D eigenvalue weighted by atomic mass is 19.1. The summed E-state index contributed by atoms with van der Waals surface area (Å²) >= 11 is 0. The molecule has 88 valence electrons. The average molecular weight is 226 g/mol. The van der Waals surface area contributed by atoms with Crippen molar-refractivity contribution < 1.29 is 14.3 Å². The number of halogens is 1. The van der Waals surface area contributed by atoms with Gasteiger partial charge >= 0.3 is 0 Å². The fourth-order valence-corrected chi connectivity index (χ4v) is 1.23. The molecule has 1 rings (SSSR count). The molecule has 0 heterocycles. The summed E-state index contributed by atoms with van der Waals surface area (Å²) in [7, 11) is 0. The van der Waals surface area contributed by atoms with Crippen LogP contribution in [0.25, 0.3) is 0 Å². The van der Waals surface area contributed by atoms with Crippen LogP contribution in [0.3, 0.4) is 0 Å². The lowest BCUT2D eigenvalue weighted by Crippen LogP contribution is -2.29. The van der Waals surface area contributed by atoms with Crippen molar-refractivity contribution in [1.29, 1.82) is 0 Å². The van der Waals surface area contributed by atoms with Crippen molar-refractivity contribution in [1.82, 2.24) is 5.32 Å². The molecule has 0 fully saturated rings. The number of aliphatic hydroxyl groups excluding tert-OH is 1. The first-order valence-corrected chi connectivity index (χ1v) is 5.03. The van der Waals surface area contributed by atoms with E-state index in [1.807, 2.05) is 0 Å². The highest BCUT2D eigenvalue weighted by Gasteiger charge is 2.08. The van der Waals surface area contributed by atoms with Crippen LogP contribution in [0.4, 0.5) is 4.39 Å². The van der Waals surface area contributed by atoms with E-state index in [0.717, 1.165) is 0 Å². The van der Waals surface area contributed by atoms with Crippen molar-refractivity contribution in [3.63, 3.8) is 0 Å². The molecule has 1 aromatic rings. The van der Waals surface area contributed by atoms with Gasteiger partial charge < -0.3 is 16.2 Å². The van der Waals surface area contributed by atoms with E-state index in [1.54, 1.807) is 0 Å². The largest absolute Gasteiger partial charge is 0.387 e. The Morgan fingerprint density at radius 1 is 1.44 bits per heavy atom. The van der Waals surface area contributed by atoms with E-state index in [-0.39, 0.29) is 31.2 Å². The number of carbonyl (C=O) groups excluding carboxylic acids is 1. The SMILES string of the molecule is NCCC(=O)NCC(O)c1ccc(F)cc1. The minimum Gasteiger partial charge on any atom is -0.387 e. The average Bonchev–Trinajstić information content (AvgIpc) is 2.27. The van der Waals surface area contributed by atoms with Gasteiger partial charge in [-0.15, -0.1) is 0 Å². The quantitative estimate of drug-likeness (QED) is 0.677. The predicted molar refractivity (Wildman–Crippen MR) is 58.0 cm³/mol. The second-order valence-corrected chi connectivity index (χ2v) is 3.41. The van der Waals surface area contributed by atoms with Gasteiger partial charge in [-0.3, -0.25) is 4.79 Å². The van der Waals surface area contributed by atoms with Gasteiger partial charge in [-0.25, -0.2) is 4.39 Å². The fraction of sp³-hybridized carbons (Fsp3) is 0.364. The molecule has 4 N–H and O–H groups in total. The minimum atomic E-state index is -0.831. The maximum Gasteiger partial charge on any atom is 0.221 e. The van der Waals surface area contributed by atoms with E-state index in [2.05, 4.69) is 5.32 Å². The molecule has 0 radical (unpaired) electrons. The van der Waals surface area contributed by atoms with Crippen LogP contribution < -0.4 is 11.1 Å². The summed E-state index contributed by atoms with van der Waals surface area (Å²) < 4.78 is 12.6. The molecular formula is C11H15FN2O2. The molecule has 4 nitrogen and oxygen atoms in total. The smallest absolute Gasteiger partial charge is 0.221 e. The maximum atomic E-state index is 12.6. The van der Waals surface area contributed by atoms with Crippen LogP contribution in [0.15, 0.2) is 24.3 Å². The molecule has 1 unspecified atom stereocenters. The highest BCUT2D eigenvalue weighted by Crippen LogP contribution is 2.12. The number of carbonyl (C=O) groups is 1. The van der Waals surface area contributed by atoms with Crippen LogP contribution in [0.5, 0.6) is 0 Å². The normalized spacial score (nSPS) is 12.2. The molecule has 0 saturated carbocycles. The second kappa shape index (κ2) is 6.19. The number of benzene rings is 1. The Morgan fingerprint density at radius 3 is 2.62 bits per heavy atom. The molecule has 1 amide bonds. The molecule has 0 bridgehead atoms. The van der Waals surface area contributed by atoms with Crippen molar-refractivity contribution >= 4 is 5.91 Å². The lowest BCUT2D eigenvalue weighted by atomic mass is 10.1. The van der Waals surface area contributed by atoms with Crippen LogP contribution >= 0.6 is 0 Å². The Hall–Kier alpha value is -1.46. The first-order valence-electron chi connectivity index (χ1n) is 5.03. The van der Waals surface area contributed by atoms with E-state index >= 15 is 0 Å². The van der Waals surface area contributed by atoms with Crippen LogP contribution in [0.2, 0.25) is 0 Å². The Morgan fingerprint density at radius 2 is 2.06 bits per heavy atom.